The van der Waals surface area contributed by atoms with Crippen molar-refractivity contribution in [1.29, 1.82) is 0 Å². The topological polar surface area (TPSA) is 64.3 Å². The summed E-state index contributed by atoms with van der Waals surface area (Å²) >= 11 is 0. The van der Waals surface area contributed by atoms with E-state index < -0.39 is 5.54 Å². The Morgan fingerprint density at radius 1 is 1.21 bits per heavy atom. The number of hydrogen-bond acceptors (Lipinski definition) is 5. The molecular formula is C19H22N4O. The number of hydrogen-bond donors (Lipinski definition) is 1. The highest BCUT2D eigenvalue weighted by Gasteiger charge is 2.28. The predicted molar refractivity (Wildman–Crippen MR) is 95.4 cm³/mol. The van der Waals surface area contributed by atoms with Gasteiger partial charge in [-0.05, 0) is 30.7 Å². The van der Waals surface area contributed by atoms with Crippen molar-refractivity contribution in [1.82, 2.24) is 14.9 Å². The first kappa shape index (κ1) is 16.2. The van der Waals surface area contributed by atoms with Gasteiger partial charge in [-0.1, -0.05) is 24.3 Å². The summed E-state index contributed by atoms with van der Waals surface area (Å²) in [7, 11) is 5.69. The average molecular weight is 322 g/mol. The Kier molecular flexibility index (Phi) is 4.36. The number of aromatic nitrogens is 2. The molecule has 1 atom stereocenters. The number of allylic oxidation sites excluding steroid dienone is 1. The third-order valence-electron chi connectivity index (χ3n) is 4.24. The normalized spacial score (nSPS) is 19.8. The van der Waals surface area contributed by atoms with Gasteiger partial charge in [0.15, 0.2) is 0 Å². The van der Waals surface area contributed by atoms with Crippen molar-refractivity contribution >= 4 is 0 Å². The lowest BCUT2D eigenvalue weighted by molar-refractivity contribution is 0.416. The van der Waals surface area contributed by atoms with Crippen molar-refractivity contribution in [3.05, 3.63) is 66.3 Å². The van der Waals surface area contributed by atoms with E-state index in [0.717, 1.165) is 28.4 Å². The molecule has 3 rings (SSSR count). The molecular weight excluding hydrogens is 300 g/mol. The Morgan fingerprint density at radius 3 is 2.67 bits per heavy atom. The van der Waals surface area contributed by atoms with Crippen LogP contribution in [0.3, 0.4) is 0 Å². The van der Waals surface area contributed by atoms with E-state index in [2.05, 4.69) is 20.9 Å². The molecule has 0 spiro atoms. The number of para-hydroxylation sites is 1. The van der Waals surface area contributed by atoms with Crippen LogP contribution in [0.25, 0.3) is 11.3 Å². The Morgan fingerprint density at radius 2 is 2.00 bits per heavy atom. The summed E-state index contributed by atoms with van der Waals surface area (Å²) in [5.74, 6) is 0.780. The standard InChI is InChI=1S/C19H22N4O/c1-23(2)14-8-10-19(20,11-9-14)18-12-16(21-13-22-18)15-6-4-5-7-17(15)24-3/h4-10,12-13H,11,20H2,1-3H3. The molecule has 5 heteroatoms. The van der Waals surface area contributed by atoms with E-state index in [1.807, 2.05) is 56.6 Å². The lowest BCUT2D eigenvalue weighted by Crippen LogP contribution is -2.37. The molecule has 0 fully saturated rings. The van der Waals surface area contributed by atoms with Crippen LogP contribution in [0.2, 0.25) is 0 Å². The van der Waals surface area contributed by atoms with Gasteiger partial charge in [-0.2, -0.15) is 0 Å². The van der Waals surface area contributed by atoms with Crippen LogP contribution in [-0.2, 0) is 5.54 Å². The van der Waals surface area contributed by atoms with Crippen molar-refractivity contribution in [2.45, 2.75) is 12.0 Å². The summed E-state index contributed by atoms with van der Waals surface area (Å²) in [5, 5.41) is 0. The van der Waals surface area contributed by atoms with Crippen molar-refractivity contribution in [3.8, 4) is 17.0 Å². The summed E-state index contributed by atoms with van der Waals surface area (Å²) in [4.78, 5) is 10.9. The molecule has 1 aromatic heterocycles. The highest BCUT2D eigenvalue weighted by molar-refractivity contribution is 5.67. The second kappa shape index (κ2) is 6.45. The zero-order chi connectivity index (χ0) is 17.2. The summed E-state index contributed by atoms with van der Waals surface area (Å²) in [6.07, 6.45) is 8.43. The highest BCUT2D eigenvalue weighted by Crippen LogP contribution is 2.32. The van der Waals surface area contributed by atoms with Crippen LogP contribution in [0, 0.1) is 0 Å². The van der Waals surface area contributed by atoms with Gasteiger partial charge in [0.05, 0.1) is 24.0 Å². The minimum absolute atomic E-state index is 0.626. The quantitative estimate of drug-likeness (QED) is 0.937. The number of likely N-dealkylation sites (N-methyl/N-ethyl adjacent to an activating group) is 1. The smallest absolute Gasteiger partial charge is 0.128 e. The van der Waals surface area contributed by atoms with E-state index >= 15 is 0 Å². The predicted octanol–water partition coefficient (Wildman–Crippen LogP) is 2.71. The van der Waals surface area contributed by atoms with Crippen molar-refractivity contribution in [2.75, 3.05) is 21.2 Å². The van der Waals surface area contributed by atoms with Crippen LogP contribution in [0.4, 0.5) is 0 Å². The van der Waals surface area contributed by atoms with E-state index in [0.29, 0.717) is 6.42 Å². The molecule has 0 saturated carbocycles. The zero-order valence-electron chi connectivity index (χ0n) is 14.2. The molecule has 124 valence electrons. The van der Waals surface area contributed by atoms with Gasteiger partial charge in [0.1, 0.15) is 12.1 Å². The van der Waals surface area contributed by atoms with Crippen molar-refractivity contribution in [3.63, 3.8) is 0 Å². The lowest BCUT2D eigenvalue weighted by Gasteiger charge is -2.29. The minimum atomic E-state index is -0.626. The molecule has 0 aliphatic heterocycles. The summed E-state index contributed by atoms with van der Waals surface area (Å²) in [6.45, 7) is 0. The molecule has 1 aromatic carbocycles. The highest BCUT2D eigenvalue weighted by atomic mass is 16.5. The molecule has 5 nitrogen and oxygen atoms in total. The maximum atomic E-state index is 6.59. The number of ether oxygens (including phenoxy) is 1. The first-order valence-corrected chi connectivity index (χ1v) is 7.85. The van der Waals surface area contributed by atoms with Gasteiger partial charge in [0.25, 0.3) is 0 Å². The third kappa shape index (κ3) is 3.03. The molecule has 0 saturated heterocycles. The maximum absolute atomic E-state index is 6.59. The van der Waals surface area contributed by atoms with Gasteiger partial charge in [-0.3, -0.25) is 0 Å². The SMILES string of the molecule is COc1ccccc1-c1cc(C2(N)C=CC(N(C)C)=CC2)ncn1. The molecule has 2 aromatic rings. The van der Waals surface area contributed by atoms with E-state index in [4.69, 9.17) is 10.5 Å². The van der Waals surface area contributed by atoms with Crippen LogP contribution in [-0.4, -0.2) is 36.1 Å². The number of nitrogens with two attached hydrogens (primary N) is 1. The number of benzene rings is 1. The fraction of sp³-hybridized carbons (Fsp3) is 0.263. The van der Waals surface area contributed by atoms with Gasteiger partial charge in [-0.25, -0.2) is 9.97 Å². The van der Waals surface area contributed by atoms with Gasteiger partial charge in [-0.15, -0.1) is 0 Å². The van der Waals surface area contributed by atoms with E-state index in [1.165, 1.54) is 0 Å². The van der Waals surface area contributed by atoms with Crippen LogP contribution in [0.15, 0.2) is 60.6 Å². The molecule has 2 N–H and O–H groups in total. The van der Waals surface area contributed by atoms with Gasteiger partial charge in [0.2, 0.25) is 0 Å². The second-order valence-electron chi connectivity index (χ2n) is 6.09. The molecule has 1 heterocycles. The van der Waals surface area contributed by atoms with E-state index in [-0.39, 0.29) is 0 Å². The first-order valence-electron chi connectivity index (χ1n) is 7.85. The van der Waals surface area contributed by atoms with Gasteiger partial charge < -0.3 is 15.4 Å². The molecule has 0 amide bonds. The zero-order valence-corrected chi connectivity index (χ0v) is 14.2. The van der Waals surface area contributed by atoms with Crippen LogP contribution < -0.4 is 10.5 Å². The van der Waals surface area contributed by atoms with Gasteiger partial charge >= 0.3 is 0 Å². The Balaban J connectivity index is 1.96. The van der Waals surface area contributed by atoms with Crippen LogP contribution >= 0.6 is 0 Å². The fourth-order valence-electron chi connectivity index (χ4n) is 2.78. The second-order valence-corrected chi connectivity index (χ2v) is 6.09. The average Bonchev–Trinajstić information content (AvgIpc) is 2.62. The monoisotopic (exact) mass is 322 g/mol. The molecule has 1 unspecified atom stereocenters. The minimum Gasteiger partial charge on any atom is -0.496 e. The van der Waals surface area contributed by atoms with E-state index in [9.17, 15) is 0 Å². The van der Waals surface area contributed by atoms with E-state index in [1.54, 1.807) is 13.4 Å². The summed E-state index contributed by atoms with van der Waals surface area (Å²) in [5.41, 5.74) is 9.64. The summed E-state index contributed by atoms with van der Waals surface area (Å²) in [6, 6.07) is 9.74. The summed E-state index contributed by atoms with van der Waals surface area (Å²) < 4.78 is 5.43. The number of methoxy groups -OCH3 is 1. The van der Waals surface area contributed by atoms with Crippen molar-refractivity contribution in [2.24, 2.45) is 5.73 Å². The fourth-order valence-corrected chi connectivity index (χ4v) is 2.78. The van der Waals surface area contributed by atoms with Crippen molar-refractivity contribution < 1.29 is 4.74 Å². The Hall–Kier alpha value is -2.66. The van der Waals surface area contributed by atoms with Crippen LogP contribution in [0.1, 0.15) is 12.1 Å². The molecule has 0 radical (unpaired) electrons. The molecule has 1 aliphatic rings. The maximum Gasteiger partial charge on any atom is 0.128 e. The first-order chi connectivity index (χ1) is 11.5. The molecule has 0 bridgehead atoms. The number of nitrogens with zero attached hydrogens (tertiary/aromatic N) is 3. The largest absolute Gasteiger partial charge is 0.496 e. The van der Waals surface area contributed by atoms with Gasteiger partial charge in [0, 0.05) is 25.4 Å². The lowest BCUT2D eigenvalue weighted by atomic mass is 9.87. The molecule has 24 heavy (non-hydrogen) atoms. The molecule has 1 aliphatic carbocycles. The Bertz CT molecular complexity index is 797. The van der Waals surface area contributed by atoms with Crippen LogP contribution in [0.5, 0.6) is 5.75 Å². The third-order valence-corrected chi connectivity index (χ3v) is 4.24. The number of rotatable bonds is 4. The Labute approximate surface area is 142 Å².